The first-order valence-electron chi connectivity index (χ1n) is 9.06. The van der Waals surface area contributed by atoms with Gasteiger partial charge in [0.25, 0.3) is 0 Å². The van der Waals surface area contributed by atoms with Crippen LogP contribution in [0.3, 0.4) is 0 Å². The van der Waals surface area contributed by atoms with Crippen LogP contribution in [0.1, 0.15) is 11.1 Å². The molecule has 1 fully saturated rings. The minimum atomic E-state index is -4.34. The van der Waals surface area contributed by atoms with Crippen LogP contribution < -0.4 is 15.5 Å². The van der Waals surface area contributed by atoms with Gasteiger partial charge >= 0.3 is 6.18 Å². The minimum absolute atomic E-state index is 0.364. The second-order valence-electron chi connectivity index (χ2n) is 6.84. The Morgan fingerprint density at radius 2 is 1.57 bits per heavy atom. The fourth-order valence-corrected chi connectivity index (χ4v) is 3.18. The van der Waals surface area contributed by atoms with E-state index in [0.717, 1.165) is 43.9 Å². The van der Waals surface area contributed by atoms with E-state index < -0.39 is 11.7 Å². The summed E-state index contributed by atoms with van der Waals surface area (Å²) >= 11 is 5.22. The molecule has 2 aromatic carbocycles. The first-order chi connectivity index (χ1) is 13.3. The Kier molecular flexibility index (Phi) is 6.41. The SMILES string of the molecule is CN1CCN(c2ccc(CNC(=S)Nc3ccc(C(F)(F)F)cc3)cc2)CC1. The van der Waals surface area contributed by atoms with Gasteiger partial charge < -0.3 is 20.4 Å². The highest BCUT2D eigenvalue weighted by molar-refractivity contribution is 7.80. The predicted molar refractivity (Wildman–Crippen MR) is 111 cm³/mol. The van der Waals surface area contributed by atoms with Crippen LogP contribution in [0.2, 0.25) is 0 Å². The van der Waals surface area contributed by atoms with Crippen LogP contribution in [0.4, 0.5) is 24.5 Å². The summed E-state index contributed by atoms with van der Waals surface area (Å²) < 4.78 is 37.8. The zero-order valence-corrected chi connectivity index (χ0v) is 16.4. The largest absolute Gasteiger partial charge is 0.416 e. The zero-order valence-electron chi connectivity index (χ0n) is 15.6. The molecule has 0 saturated carbocycles. The third-order valence-electron chi connectivity index (χ3n) is 4.73. The van der Waals surface area contributed by atoms with Crippen molar-refractivity contribution in [2.45, 2.75) is 12.7 Å². The zero-order chi connectivity index (χ0) is 20.1. The van der Waals surface area contributed by atoms with Crippen molar-refractivity contribution in [1.29, 1.82) is 0 Å². The first kappa shape index (κ1) is 20.4. The molecule has 1 aliphatic heterocycles. The number of hydrogen-bond donors (Lipinski definition) is 2. The molecule has 4 nitrogen and oxygen atoms in total. The van der Waals surface area contributed by atoms with E-state index in [9.17, 15) is 13.2 Å². The summed E-state index contributed by atoms with van der Waals surface area (Å²) in [6, 6.07) is 13.1. The van der Waals surface area contributed by atoms with E-state index in [1.807, 2.05) is 0 Å². The summed E-state index contributed by atoms with van der Waals surface area (Å²) in [6.45, 7) is 4.71. The van der Waals surface area contributed by atoms with Crippen molar-refractivity contribution in [1.82, 2.24) is 10.2 Å². The highest BCUT2D eigenvalue weighted by Crippen LogP contribution is 2.29. The fraction of sp³-hybridized carbons (Fsp3) is 0.350. The number of nitrogens with one attached hydrogen (secondary N) is 2. The molecule has 1 heterocycles. The summed E-state index contributed by atoms with van der Waals surface area (Å²) in [6.07, 6.45) is -4.34. The molecule has 0 atom stereocenters. The van der Waals surface area contributed by atoms with Crippen LogP contribution in [0.5, 0.6) is 0 Å². The Hall–Kier alpha value is -2.32. The Morgan fingerprint density at radius 3 is 2.14 bits per heavy atom. The highest BCUT2D eigenvalue weighted by atomic mass is 32.1. The number of thiocarbonyl (C=S) groups is 1. The smallest absolute Gasteiger partial charge is 0.369 e. The number of hydrogen-bond acceptors (Lipinski definition) is 3. The van der Waals surface area contributed by atoms with Crippen LogP contribution in [-0.2, 0) is 12.7 Å². The molecule has 0 aromatic heterocycles. The number of likely N-dealkylation sites (N-methyl/N-ethyl adjacent to an activating group) is 1. The summed E-state index contributed by atoms with van der Waals surface area (Å²) in [4.78, 5) is 4.69. The van der Waals surface area contributed by atoms with Gasteiger partial charge in [0.2, 0.25) is 0 Å². The van der Waals surface area contributed by atoms with Gasteiger partial charge in [0.15, 0.2) is 5.11 Å². The Labute approximate surface area is 168 Å². The quantitative estimate of drug-likeness (QED) is 0.749. The van der Waals surface area contributed by atoms with Crippen LogP contribution in [0.15, 0.2) is 48.5 Å². The highest BCUT2D eigenvalue weighted by Gasteiger charge is 2.29. The lowest BCUT2D eigenvalue weighted by molar-refractivity contribution is -0.137. The molecule has 0 spiro atoms. The van der Waals surface area contributed by atoms with Crippen molar-refractivity contribution in [2.75, 3.05) is 43.4 Å². The standard InChI is InChI=1S/C20H23F3N4S/c1-26-10-12-27(13-11-26)18-8-2-15(3-9-18)14-24-19(28)25-17-6-4-16(5-7-17)20(21,22)23/h2-9H,10-14H2,1H3,(H2,24,25,28). The van der Waals surface area contributed by atoms with Crippen LogP contribution in [0, 0.1) is 0 Å². The number of anilines is 2. The maximum atomic E-state index is 12.6. The Bertz CT molecular complexity index is 783. The van der Waals surface area contributed by atoms with Gasteiger partial charge in [0, 0.05) is 44.1 Å². The monoisotopic (exact) mass is 408 g/mol. The molecule has 150 valence electrons. The van der Waals surface area contributed by atoms with Gasteiger partial charge in [0.05, 0.1) is 5.56 Å². The Morgan fingerprint density at radius 1 is 0.964 bits per heavy atom. The van der Waals surface area contributed by atoms with E-state index in [4.69, 9.17) is 12.2 Å². The van der Waals surface area contributed by atoms with E-state index in [-0.39, 0.29) is 0 Å². The number of rotatable bonds is 4. The predicted octanol–water partition coefficient (Wildman–Crippen LogP) is 3.94. The molecular weight excluding hydrogens is 385 g/mol. The second-order valence-corrected chi connectivity index (χ2v) is 7.25. The van der Waals surface area contributed by atoms with Crippen LogP contribution >= 0.6 is 12.2 Å². The lowest BCUT2D eigenvalue weighted by Gasteiger charge is -2.34. The van der Waals surface area contributed by atoms with Crippen molar-refractivity contribution in [3.05, 3.63) is 59.7 Å². The molecule has 2 aromatic rings. The van der Waals surface area contributed by atoms with Gasteiger partial charge in [-0.1, -0.05) is 12.1 Å². The summed E-state index contributed by atoms with van der Waals surface area (Å²) in [7, 11) is 2.13. The van der Waals surface area contributed by atoms with Crippen molar-refractivity contribution in [3.8, 4) is 0 Å². The molecule has 8 heteroatoms. The van der Waals surface area contributed by atoms with Gasteiger partial charge in [0.1, 0.15) is 0 Å². The maximum absolute atomic E-state index is 12.6. The molecule has 0 unspecified atom stereocenters. The molecule has 28 heavy (non-hydrogen) atoms. The summed E-state index contributed by atoms with van der Waals surface area (Å²) in [5.41, 5.74) is 2.12. The molecule has 2 N–H and O–H groups in total. The average molecular weight is 408 g/mol. The maximum Gasteiger partial charge on any atom is 0.416 e. The van der Waals surface area contributed by atoms with Gasteiger partial charge in [-0.2, -0.15) is 13.2 Å². The number of halogens is 3. The first-order valence-corrected chi connectivity index (χ1v) is 9.46. The number of piperazine rings is 1. The molecule has 0 radical (unpaired) electrons. The Balaban J connectivity index is 1.48. The second kappa shape index (κ2) is 8.79. The van der Waals surface area contributed by atoms with E-state index in [1.165, 1.54) is 17.8 Å². The number of alkyl halides is 3. The van der Waals surface area contributed by atoms with Crippen molar-refractivity contribution in [2.24, 2.45) is 0 Å². The third-order valence-corrected chi connectivity index (χ3v) is 4.97. The third kappa shape index (κ3) is 5.59. The fourth-order valence-electron chi connectivity index (χ4n) is 2.99. The van der Waals surface area contributed by atoms with Crippen molar-refractivity contribution in [3.63, 3.8) is 0 Å². The van der Waals surface area contributed by atoms with E-state index >= 15 is 0 Å². The van der Waals surface area contributed by atoms with Gasteiger partial charge in [-0.15, -0.1) is 0 Å². The molecule has 0 amide bonds. The molecule has 1 saturated heterocycles. The van der Waals surface area contributed by atoms with Gasteiger partial charge in [-0.05, 0) is 61.2 Å². The van der Waals surface area contributed by atoms with Gasteiger partial charge in [-0.3, -0.25) is 0 Å². The molecule has 1 aliphatic rings. The lowest BCUT2D eigenvalue weighted by Crippen LogP contribution is -2.44. The minimum Gasteiger partial charge on any atom is -0.369 e. The van der Waals surface area contributed by atoms with Crippen LogP contribution in [0.25, 0.3) is 0 Å². The summed E-state index contributed by atoms with van der Waals surface area (Å²) in [5, 5.41) is 6.34. The van der Waals surface area contributed by atoms with E-state index in [0.29, 0.717) is 17.3 Å². The lowest BCUT2D eigenvalue weighted by atomic mass is 10.2. The van der Waals surface area contributed by atoms with Crippen molar-refractivity contribution < 1.29 is 13.2 Å². The van der Waals surface area contributed by atoms with Crippen molar-refractivity contribution >= 4 is 28.7 Å². The van der Waals surface area contributed by atoms with E-state index in [1.54, 1.807) is 0 Å². The summed E-state index contributed by atoms with van der Waals surface area (Å²) in [5.74, 6) is 0. The molecular formula is C20H23F3N4S. The normalized spacial score (nSPS) is 15.4. The molecule has 0 bridgehead atoms. The average Bonchev–Trinajstić information content (AvgIpc) is 2.67. The topological polar surface area (TPSA) is 30.5 Å². The number of nitrogens with zero attached hydrogens (tertiary/aromatic N) is 2. The van der Waals surface area contributed by atoms with Crippen LogP contribution in [-0.4, -0.2) is 43.2 Å². The molecule has 3 rings (SSSR count). The number of benzene rings is 2. The van der Waals surface area contributed by atoms with Gasteiger partial charge in [-0.25, -0.2) is 0 Å². The molecule has 0 aliphatic carbocycles. The van der Waals surface area contributed by atoms with E-state index in [2.05, 4.69) is 51.7 Å².